The van der Waals surface area contributed by atoms with Gasteiger partial charge in [-0.05, 0) is 25.0 Å². The average molecular weight is 225 g/mol. The van der Waals surface area contributed by atoms with E-state index in [2.05, 4.69) is 31.3 Å². The van der Waals surface area contributed by atoms with Gasteiger partial charge in [-0.3, -0.25) is 0 Å². The first-order valence-electron chi connectivity index (χ1n) is 5.77. The molecule has 1 saturated heterocycles. The van der Waals surface area contributed by atoms with Gasteiger partial charge in [0.05, 0.1) is 6.61 Å². The van der Waals surface area contributed by atoms with Crippen molar-refractivity contribution in [1.82, 2.24) is 5.32 Å². The maximum atomic E-state index is 5.87. The molecule has 0 spiro atoms. The summed E-state index contributed by atoms with van der Waals surface area (Å²) in [7, 11) is 0. The number of hydrogen-bond donors (Lipinski definition) is 1. The van der Waals surface area contributed by atoms with Gasteiger partial charge in [-0.1, -0.05) is 13.8 Å². The molecule has 0 bridgehead atoms. The predicted octanol–water partition coefficient (Wildman–Crippen LogP) is 2.75. The first-order valence-corrected chi connectivity index (χ1v) is 6.58. The zero-order chi connectivity index (χ0) is 10.7. The molecule has 1 aromatic heterocycles. The Balaban J connectivity index is 1.95. The minimum atomic E-state index is 0.276. The fourth-order valence-electron chi connectivity index (χ4n) is 1.83. The summed E-state index contributed by atoms with van der Waals surface area (Å²) in [6.45, 7) is 6.20. The monoisotopic (exact) mass is 225 g/mol. The first kappa shape index (κ1) is 11.1. The summed E-state index contributed by atoms with van der Waals surface area (Å²) >= 11 is 1.88. The van der Waals surface area contributed by atoms with E-state index >= 15 is 0 Å². The second-order valence-electron chi connectivity index (χ2n) is 3.99. The molecule has 1 fully saturated rings. The van der Waals surface area contributed by atoms with Crippen LogP contribution in [0.1, 0.15) is 36.1 Å². The van der Waals surface area contributed by atoms with Gasteiger partial charge in [0.1, 0.15) is 6.10 Å². The third-order valence-electron chi connectivity index (χ3n) is 2.93. The van der Waals surface area contributed by atoms with Crippen LogP contribution < -0.4 is 5.32 Å². The van der Waals surface area contributed by atoms with Crippen molar-refractivity contribution in [2.45, 2.75) is 38.8 Å². The number of rotatable bonds is 3. The summed E-state index contributed by atoms with van der Waals surface area (Å²) in [5.74, 6) is 0. The minimum Gasteiger partial charge on any atom is -0.370 e. The molecule has 0 aliphatic carbocycles. The van der Waals surface area contributed by atoms with E-state index in [0.29, 0.717) is 6.04 Å². The van der Waals surface area contributed by atoms with E-state index < -0.39 is 0 Å². The molecular formula is C12H19NOS. The molecule has 1 aromatic rings. The topological polar surface area (TPSA) is 21.3 Å². The van der Waals surface area contributed by atoms with Crippen molar-refractivity contribution < 1.29 is 4.74 Å². The largest absolute Gasteiger partial charge is 0.370 e. The smallest absolute Gasteiger partial charge is 0.104 e. The van der Waals surface area contributed by atoms with Crippen LogP contribution in [-0.2, 0) is 11.2 Å². The molecule has 2 unspecified atom stereocenters. The van der Waals surface area contributed by atoms with Gasteiger partial charge in [-0.15, -0.1) is 11.3 Å². The summed E-state index contributed by atoms with van der Waals surface area (Å²) < 4.78 is 5.87. The van der Waals surface area contributed by atoms with Crippen LogP contribution in [0.3, 0.4) is 0 Å². The summed E-state index contributed by atoms with van der Waals surface area (Å²) in [4.78, 5) is 2.82. The van der Waals surface area contributed by atoms with Crippen LogP contribution in [0.2, 0.25) is 0 Å². The Labute approximate surface area is 95.6 Å². The van der Waals surface area contributed by atoms with E-state index in [9.17, 15) is 0 Å². The van der Waals surface area contributed by atoms with E-state index in [1.807, 2.05) is 11.3 Å². The molecule has 0 saturated carbocycles. The van der Waals surface area contributed by atoms with Crippen LogP contribution in [0.15, 0.2) is 12.1 Å². The minimum absolute atomic E-state index is 0.276. The second-order valence-corrected chi connectivity index (χ2v) is 5.19. The normalized spacial score (nSPS) is 26.8. The quantitative estimate of drug-likeness (QED) is 0.854. The van der Waals surface area contributed by atoms with Gasteiger partial charge in [-0.25, -0.2) is 0 Å². The van der Waals surface area contributed by atoms with Crippen molar-refractivity contribution in [1.29, 1.82) is 0 Å². The molecule has 0 aromatic carbocycles. The number of nitrogens with one attached hydrogen (secondary N) is 1. The maximum Gasteiger partial charge on any atom is 0.104 e. The van der Waals surface area contributed by atoms with Crippen LogP contribution in [0.5, 0.6) is 0 Å². The molecule has 1 N–H and O–H groups in total. The van der Waals surface area contributed by atoms with Crippen molar-refractivity contribution in [3.63, 3.8) is 0 Å². The van der Waals surface area contributed by atoms with Crippen LogP contribution in [-0.4, -0.2) is 19.2 Å². The van der Waals surface area contributed by atoms with E-state index in [0.717, 1.165) is 26.0 Å². The first-order chi connectivity index (χ1) is 7.33. The van der Waals surface area contributed by atoms with Gasteiger partial charge in [0.2, 0.25) is 0 Å². The van der Waals surface area contributed by atoms with Crippen LogP contribution in [0.4, 0.5) is 0 Å². The lowest BCUT2D eigenvalue weighted by atomic mass is 10.1. The van der Waals surface area contributed by atoms with Gasteiger partial charge in [0.15, 0.2) is 0 Å². The highest BCUT2D eigenvalue weighted by Crippen LogP contribution is 2.27. The molecule has 0 radical (unpaired) electrons. The van der Waals surface area contributed by atoms with Crippen molar-refractivity contribution in [3.8, 4) is 0 Å². The highest BCUT2D eigenvalue weighted by atomic mass is 32.1. The van der Waals surface area contributed by atoms with Crippen LogP contribution in [0.25, 0.3) is 0 Å². The lowest BCUT2D eigenvalue weighted by Gasteiger charge is -2.29. The van der Waals surface area contributed by atoms with Gasteiger partial charge in [0, 0.05) is 22.3 Å². The SMILES string of the molecule is CCc1ccc(C2CNC(CC)CO2)s1. The molecule has 15 heavy (non-hydrogen) atoms. The van der Waals surface area contributed by atoms with Crippen LogP contribution >= 0.6 is 11.3 Å². The van der Waals surface area contributed by atoms with Gasteiger partial charge >= 0.3 is 0 Å². The Morgan fingerprint density at radius 3 is 2.87 bits per heavy atom. The molecule has 2 atom stereocenters. The Kier molecular flexibility index (Phi) is 3.78. The summed E-state index contributed by atoms with van der Waals surface area (Å²) in [6, 6.07) is 4.98. The maximum absolute atomic E-state index is 5.87. The van der Waals surface area contributed by atoms with Gasteiger partial charge in [-0.2, -0.15) is 0 Å². The molecule has 1 aliphatic heterocycles. The molecule has 84 valence electrons. The molecule has 2 nitrogen and oxygen atoms in total. The average Bonchev–Trinajstić information content (AvgIpc) is 2.78. The Hall–Kier alpha value is -0.380. The molecular weight excluding hydrogens is 206 g/mol. The Bertz CT molecular complexity index is 302. The summed E-state index contributed by atoms with van der Waals surface area (Å²) in [6.07, 6.45) is 2.55. The van der Waals surface area contributed by atoms with Crippen molar-refractivity contribution in [3.05, 3.63) is 21.9 Å². The lowest BCUT2D eigenvalue weighted by molar-refractivity contribution is 0.00424. The highest BCUT2D eigenvalue weighted by Gasteiger charge is 2.22. The third kappa shape index (κ3) is 2.60. The van der Waals surface area contributed by atoms with E-state index in [1.54, 1.807) is 0 Å². The fraction of sp³-hybridized carbons (Fsp3) is 0.667. The standard InChI is InChI=1S/C12H19NOS/c1-3-9-8-14-11(7-13-9)12-6-5-10(4-2)15-12/h5-6,9,11,13H,3-4,7-8H2,1-2H3. The molecule has 1 aliphatic rings. The number of morpholine rings is 1. The summed E-state index contributed by atoms with van der Waals surface area (Å²) in [5.41, 5.74) is 0. The van der Waals surface area contributed by atoms with E-state index in [4.69, 9.17) is 4.74 Å². The molecule has 3 heteroatoms. The molecule has 0 amide bonds. The zero-order valence-corrected chi connectivity index (χ0v) is 10.3. The van der Waals surface area contributed by atoms with Crippen molar-refractivity contribution in [2.24, 2.45) is 0 Å². The highest BCUT2D eigenvalue weighted by molar-refractivity contribution is 7.12. The van der Waals surface area contributed by atoms with Gasteiger partial charge in [0.25, 0.3) is 0 Å². The third-order valence-corrected chi connectivity index (χ3v) is 4.25. The lowest BCUT2D eigenvalue weighted by Crippen LogP contribution is -2.42. The predicted molar refractivity (Wildman–Crippen MR) is 64.5 cm³/mol. The van der Waals surface area contributed by atoms with Crippen molar-refractivity contribution >= 4 is 11.3 Å². The Morgan fingerprint density at radius 1 is 1.47 bits per heavy atom. The fourth-order valence-corrected chi connectivity index (χ4v) is 2.83. The Morgan fingerprint density at radius 2 is 2.33 bits per heavy atom. The molecule has 2 rings (SSSR count). The van der Waals surface area contributed by atoms with E-state index in [1.165, 1.54) is 9.75 Å². The zero-order valence-electron chi connectivity index (χ0n) is 9.45. The van der Waals surface area contributed by atoms with Crippen LogP contribution in [0, 0.1) is 0 Å². The van der Waals surface area contributed by atoms with E-state index in [-0.39, 0.29) is 6.10 Å². The second kappa shape index (κ2) is 5.10. The van der Waals surface area contributed by atoms with Gasteiger partial charge < -0.3 is 10.1 Å². The summed E-state index contributed by atoms with van der Waals surface area (Å²) in [5, 5.41) is 3.53. The number of aryl methyl sites for hydroxylation is 1. The molecule has 2 heterocycles. The number of thiophene rings is 1. The number of ether oxygens (including phenoxy) is 1. The number of hydrogen-bond acceptors (Lipinski definition) is 3. The van der Waals surface area contributed by atoms with Crippen molar-refractivity contribution in [2.75, 3.05) is 13.2 Å².